The third-order valence-corrected chi connectivity index (χ3v) is 3.83. The Morgan fingerprint density at radius 3 is 2.78 bits per heavy atom. The summed E-state index contributed by atoms with van der Waals surface area (Å²) in [6, 6.07) is 1.81. The van der Waals surface area contributed by atoms with Crippen LogP contribution >= 0.6 is 11.3 Å². The standard InChI is InChI=1S/C15H13N3OS.C3H8/c1-3-4-5-11-10(2)16-8-12(11)14-9-20-15(17-14)13-6-7-19-18-13;1-3-2/h3-9,16H,1H2,2H3;3H2,1-2H3/b5-4-;. The summed E-state index contributed by atoms with van der Waals surface area (Å²) in [4.78, 5) is 7.85. The topological polar surface area (TPSA) is 54.7 Å². The molecule has 3 aromatic rings. The van der Waals surface area contributed by atoms with Crippen molar-refractivity contribution in [1.29, 1.82) is 0 Å². The van der Waals surface area contributed by atoms with Crippen molar-refractivity contribution < 1.29 is 4.52 Å². The zero-order chi connectivity index (χ0) is 16.7. The van der Waals surface area contributed by atoms with E-state index in [2.05, 4.69) is 35.6 Å². The van der Waals surface area contributed by atoms with E-state index in [0.29, 0.717) is 0 Å². The minimum absolute atomic E-state index is 0.761. The number of aromatic nitrogens is 3. The maximum absolute atomic E-state index is 4.85. The molecular weight excluding hydrogens is 306 g/mol. The Hall–Kier alpha value is -2.40. The minimum Gasteiger partial charge on any atom is -0.364 e. The Kier molecular flexibility index (Phi) is 6.11. The zero-order valence-electron chi connectivity index (χ0n) is 13.7. The molecule has 120 valence electrons. The maximum atomic E-state index is 4.85. The Morgan fingerprint density at radius 1 is 1.35 bits per heavy atom. The van der Waals surface area contributed by atoms with Gasteiger partial charge >= 0.3 is 0 Å². The van der Waals surface area contributed by atoms with Gasteiger partial charge in [-0.25, -0.2) is 4.98 Å². The first-order valence-electron chi connectivity index (χ1n) is 7.54. The molecule has 0 aromatic carbocycles. The number of hydrogen-bond donors (Lipinski definition) is 1. The maximum Gasteiger partial charge on any atom is 0.146 e. The quantitative estimate of drug-likeness (QED) is 0.624. The lowest BCUT2D eigenvalue weighted by molar-refractivity contribution is 0.422. The molecule has 0 saturated heterocycles. The average Bonchev–Trinajstić information content (AvgIpc) is 3.26. The van der Waals surface area contributed by atoms with Crippen LogP contribution < -0.4 is 0 Å². The summed E-state index contributed by atoms with van der Waals surface area (Å²) in [5, 5.41) is 6.79. The van der Waals surface area contributed by atoms with Crippen LogP contribution in [0.5, 0.6) is 0 Å². The number of nitrogens with one attached hydrogen (secondary N) is 1. The summed E-state index contributed by atoms with van der Waals surface area (Å²) in [6.07, 6.45) is 10.5. The first-order valence-corrected chi connectivity index (χ1v) is 8.42. The van der Waals surface area contributed by atoms with Crippen molar-refractivity contribution in [3.05, 3.63) is 53.9 Å². The van der Waals surface area contributed by atoms with Crippen molar-refractivity contribution >= 4 is 17.4 Å². The molecule has 5 heteroatoms. The Balaban J connectivity index is 0.000000595. The monoisotopic (exact) mass is 327 g/mol. The number of aromatic amines is 1. The van der Waals surface area contributed by atoms with E-state index in [-0.39, 0.29) is 0 Å². The number of H-pyrrole nitrogens is 1. The number of nitrogens with zero attached hydrogens (tertiary/aromatic N) is 2. The second-order valence-corrected chi connectivity index (χ2v) is 5.82. The molecule has 0 amide bonds. The predicted molar refractivity (Wildman–Crippen MR) is 97.3 cm³/mol. The van der Waals surface area contributed by atoms with Crippen LogP contribution in [0.2, 0.25) is 0 Å². The molecular formula is C18H21N3OS. The van der Waals surface area contributed by atoms with Crippen molar-refractivity contribution in [3.8, 4) is 22.0 Å². The van der Waals surface area contributed by atoms with Gasteiger partial charge in [0, 0.05) is 34.5 Å². The van der Waals surface area contributed by atoms with Crippen molar-refractivity contribution in [1.82, 2.24) is 15.1 Å². The van der Waals surface area contributed by atoms with Gasteiger partial charge in [0.1, 0.15) is 17.0 Å². The van der Waals surface area contributed by atoms with Gasteiger partial charge in [-0.15, -0.1) is 11.3 Å². The van der Waals surface area contributed by atoms with Crippen molar-refractivity contribution in [3.63, 3.8) is 0 Å². The van der Waals surface area contributed by atoms with Gasteiger partial charge in [0.15, 0.2) is 0 Å². The molecule has 4 nitrogen and oxygen atoms in total. The van der Waals surface area contributed by atoms with E-state index in [1.807, 2.05) is 36.7 Å². The first-order chi connectivity index (χ1) is 11.2. The second kappa shape index (κ2) is 8.29. The summed E-state index contributed by atoms with van der Waals surface area (Å²) in [5.74, 6) is 0. The Labute approximate surface area is 140 Å². The third kappa shape index (κ3) is 4.07. The Bertz CT molecular complexity index is 766. The summed E-state index contributed by atoms with van der Waals surface area (Å²) in [5.41, 5.74) is 5.00. The van der Waals surface area contributed by atoms with E-state index in [0.717, 1.165) is 33.2 Å². The summed E-state index contributed by atoms with van der Waals surface area (Å²) in [6.45, 7) is 9.99. The highest BCUT2D eigenvalue weighted by Gasteiger charge is 2.13. The van der Waals surface area contributed by atoms with Gasteiger partial charge in [0.2, 0.25) is 0 Å². The van der Waals surface area contributed by atoms with Gasteiger partial charge in [-0.05, 0) is 6.92 Å². The smallest absolute Gasteiger partial charge is 0.146 e. The first kappa shape index (κ1) is 17.0. The number of thiazole rings is 1. The fourth-order valence-corrected chi connectivity index (χ4v) is 2.75. The van der Waals surface area contributed by atoms with Crippen molar-refractivity contribution in [2.24, 2.45) is 0 Å². The van der Waals surface area contributed by atoms with Crippen molar-refractivity contribution in [2.45, 2.75) is 27.2 Å². The lowest BCUT2D eigenvalue weighted by Gasteiger charge is -1.96. The molecule has 0 spiro atoms. The zero-order valence-corrected chi connectivity index (χ0v) is 14.5. The largest absolute Gasteiger partial charge is 0.364 e. The van der Waals surface area contributed by atoms with E-state index >= 15 is 0 Å². The van der Waals surface area contributed by atoms with Crippen LogP contribution in [-0.2, 0) is 0 Å². The fraction of sp³-hybridized carbons (Fsp3) is 0.222. The fourth-order valence-electron chi connectivity index (χ4n) is 1.97. The summed E-state index contributed by atoms with van der Waals surface area (Å²) >= 11 is 1.55. The molecule has 3 aromatic heterocycles. The van der Waals surface area contributed by atoms with Gasteiger partial charge in [-0.2, -0.15) is 0 Å². The lowest BCUT2D eigenvalue weighted by atomic mass is 10.1. The number of allylic oxidation sites excluding steroid dienone is 2. The van der Waals surface area contributed by atoms with Gasteiger partial charge in [0.05, 0.1) is 5.69 Å². The molecule has 0 bridgehead atoms. The third-order valence-electron chi connectivity index (χ3n) is 2.96. The molecule has 0 fully saturated rings. The molecule has 0 radical (unpaired) electrons. The molecule has 0 unspecified atom stereocenters. The number of rotatable bonds is 4. The normalized spacial score (nSPS) is 10.6. The highest BCUT2D eigenvalue weighted by Crippen LogP contribution is 2.31. The molecule has 0 aliphatic rings. The second-order valence-electron chi connectivity index (χ2n) is 4.97. The summed E-state index contributed by atoms with van der Waals surface area (Å²) < 4.78 is 4.85. The van der Waals surface area contributed by atoms with Crippen LogP contribution in [0.25, 0.3) is 28.0 Å². The van der Waals surface area contributed by atoms with Gasteiger partial charge < -0.3 is 9.51 Å². The van der Waals surface area contributed by atoms with Crippen LogP contribution in [0.1, 0.15) is 31.5 Å². The van der Waals surface area contributed by atoms with Gasteiger partial charge in [-0.3, -0.25) is 0 Å². The van der Waals surface area contributed by atoms with E-state index in [9.17, 15) is 0 Å². The molecule has 3 heterocycles. The average molecular weight is 327 g/mol. The highest BCUT2D eigenvalue weighted by atomic mass is 32.1. The van der Waals surface area contributed by atoms with Gasteiger partial charge in [-0.1, -0.05) is 50.2 Å². The van der Waals surface area contributed by atoms with E-state index in [4.69, 9.17) is 4.52 Å². The van der Waals surface area contributed by atoms with Crippen LogP contribution in [0, 0.1) is 6.92 Å². The highest BCUT2D eigenvalue weighted by molar-refractivity contribution is 7.13. The SMILES string of the molecule is C=C/C=C\c1c(-c2csc(-c3ccon3)n2)c[nH]c1C.CCC. The molecule has 23 heavy (non-hydrogen) atoms. The van der Waals surface area contributed by atoms with Crippen LogP contribution in [0.15, 0.2) is 47.2 Å². The molecule has 0 saturated carbocycles. The molecule has 0 aliphatic carbocycles. The van der Waals surface area contributed by atoms with Gasteiger partial charge in [0.25, 0.3) is 0 Å². The lowest BCUT2D eigenvalue weighted by Crippen LogP contribution is -1.81. The molecule has 0 aliphatic heterocycles. The Morgan fingerprint density at radius 2 is 2.13 bits per heavy atom. The summed E-state index contributed by atoms with van der Waals surface area (Å²) in [7, 11) is 0. The molecule has 3 rings (SSSR count). The number of aryl methyl sites for hydroxylation is 1. The predicted octanol–water partition coefficient (Wildman–Crippen LogP) is 5.72. The van der Waals surface area contributed by atoms with Crippen LogP contribution in [0.4, 0.5) is 0 Å². The number of hydrogen-bond acceptors (Lipinski definition) is 4. The van der Waals surface area contributed by atoms with Crippen LogP contribution in [-0.4, -0.2) is 15.1 Å². The molecule has 1 N–H and O–H groups in total. The van der Waals surface area contributed by atoms with Crippen molar-refractivity contribution in [2.75, 3.05) is 0 Å². The van der Waals surface area contributed by atoms with E-state index < -0.39 is 0 Å². The van der Waals surface area contributed by atoms with E-state index in [1.54, 1.807) is 23.7 Å². The minimum atomic E-state index is 0.761. The van der Waals surface area contributed by atoms with E-state index in [1.165, 1.54) is 6.42 Å². The van der Waals surface area contributed by atoms with Crippen LogP contribution in [0.3, 0.4) is 0 Å². The molecule has 0 atom stereocenters.